The smallest absolute Gasteiger partial charge is 0.220 e. The van der Waals surface area contributed by atoms with Gasteiger partial charge in [-0.25, -0.2) is 0 Å². The summed E-state index contributed by atoms with van der Waals surface area (Å²) < 4.78 is 7.29. The van der Waals surface area contributed by atoms with Gasteiger partial charge < -0.3 is 10.1 Å². The van der Waals surface area contributed by atoms with Crippen LogP contribution < -0.4 is 10.1 Å². The molecule has 0 aliphatic rings. The fourth-order valence-electron chi connectivity index (χ4n) is 2.93. The molecule has 3 aromatic rings. The van der Waals surface area contributed by atoms with Crippen LogP contribution in [0.15, 0.2) is 86.2 Å². The second-order valence-corrected chi connectivity index (χ2v) is 8.01. The van der Waals surface area contributed by atoms with Crippen molar-refractivity contribution in [1.29, 1.82) is 0 Å². The number of benzene rings is 2. The topological polar surface area (TPSA) is 69.0 Å². The van der Waals surface area contributed by atoms with Crippen LogP contribution in [0.25, 0.3) is 5.69 Å². The zero-order valence-corrected chi connectivity index (χ0v) is 25.1. The molecule has 210 valence electrons. The van der Waals surface area contributed by atoms with Gasteiger partial charge in [-0.1, -0.05) is 69.3 Å². The van der Waals surface area contributed by atoms with E-state index in [0.717, 1.165) is 47.8 Å². The molecule has 0 spiro atoms. The van der Waals surface area contributed by atoms with Crippen molar-refractivity contribution in [1.82, 2.24) is 20.1 Å². The van der Waals surface area contributed by atoms with Crippen LogP contribution in [-0.4, -0.2) is 33.5 Å². The number of nitrogens with one attached hydrogen (secondary N) is 1. The molecule has 0 atom stereocenters. The fourth-order valence-corrected chi connectivity index (χ4v) is 2.93. The second-order valence-electron chi connectivity index (χ2n) is 7.38. The minimum atomic E-state index is 0.0467. The number of carbonyl (C=O) groups excluding carboxylic acids is 1. The van der Waals surface area contributed by atoms with E-state index in [2.05, 4.69) is 41.3 Å². The summed E-state index contributed by atoms with van der Waals surface area (Å²) in [4.78, 5) is 12.1. The van der Waals surface area contributed by atoms with E-state index in [9.17, 15) is 4.79 Å². The first-order valence-corrected chi connectivity index (χ1v) is 13.7. The maximum absolute atomic E-state index is 12.1. The molecule has 1 aromatic heterocycles. The Morgan fingerprint density at radius 1 is 1.03 bits per heavy atom. The molecule has 0 fully saturated rings. The summed E-state index contributed by atoms with van der Waals surface area (Å²) in [7, 11) is 1.63. The van der Waals surface area contributed by atoms with Gasteiger partial charge >= 0.3 is 0 Å². The summed E-state index contributed by atoms with van der Waals surface area (Å²) in [6.45, 7) is 17.0. The molecule has 3 rings (SSSR count). The van der Waals surface area contributed by atoms with Crippen LogP contribution in [0.1, 0.15) is 65.3 Å². The minimum absolute atomic E-state index is 0.0467. The minimum Gasteiger partial charge on any atom is -0.496 e. The van der Waals surface area contributed by atoms with Crippen molar-refractivity contribution in [3.8, 4) is 11.4 Å². The highest BCUT2D eigenvalue weighted by atomic mass is 32.1. The Morgan fingerprint density at radius 2 is 1.58 bits per heavy atom. The Balaban J connectivity index is 0. The molecule has 1 amide bonds. The molecule has 6 nitrogen and oxygen atoms in total. The lowest BCUT2D eigenvalue weighted by Crippen LogP contribution is -2.22. The lowest BCUT2D eigenvalue weighted by atomic mass is 10.1. The van der Waals surface area contributed by atoms with Gasteiger partial charge in [-0.15, -0.1) is 23.4 Å². The first kappa shape index (κ1) is 36.8. The highest BCUT2D eigenvalue weighted by molar-refractivity contribution is 7.80. The lowest BCUT2D eigenvalue weighted by Gasteiger charge is -2.09. The van der Waals surface area contributed by atoms with Gasteiger partial charge in [-0.3, -0.25) is 9.36 Å². The van der Waals surface area contributed by atoms with Crippen LogP contribution in [0.2, 0.25) is 0 Å². The van der Waals surface area contributed by atoms with E-state index < -0.39 is 0 Å². The molecule has 0 unspecified atom stereocenters. The predicted molar refractivity (Wildman–Crippen MR) is 166 cm³/mol. The van der Waals surface area contributed by atoms with E-state index in [-0.39, 0.29) is 5.91 Å². The number of hydrogen-bond acceptors (Lipinski definition) is 5. The normalized spacial score (nSPS) is 8.82. The van der Waals surface area contributed by atoms with Crippen LogP contribution in [-0.2, 0) is 17.8 Å². The lowest BCUT2D eigenvalue weighted by molar-refractivity contribution is -0.121. The third-order valence-electron chi connectivity index (χ3n) is 4.38. The number of thiol groups is 1. The van der Waals surface area contributed by atoms with Crippen LogP contribution >= 0.6 is 12.6 Å². The SMILES string of the molecule is C=CC.C=CC.CC.CCS.COc1ccccc1CNC(=O)CCCCc1nncn1-c1ccccc1. The van der Waals surface area contributed by atoms with Crippen molar-refractivity contribution in [2.75, 3.05) is 12.9 Å². The summed E-state index contributed by atoms with van der Waals surface area (Å²) in [6.07, 6.45) is 8.20. The van der Waals surface area contributed by atoms with E-state index in [1.165, 1.54) is 0 Å². The highest BCUT2D eigenvalue weighted by Gasteiger charge is 2.08. The van der Waals surface area contributed by atoms with Gasteiger partial charge in [0.1, 0.15) is 17.9 Å². The van der Waals surface area contributed by atoms with Crippen molar-refractivity contribution in [2.24, 2.45) is 0 Å². The molecule has 38 heavy (non-hydrogen) atoms. The van der Waals surface area contributed by atoms with E-state index >= 15 is 0 Å². The average molecular weight is 541 g/mol. The van der Waals surface area contributed by atoms with E-state index in [1.807, 2.05) is 93.8 Å². The molecule has 0 bridgehead atoms. The number of carbonyl (C=O) groups is 1. The van der Waals surface area contributed by atoms with Gasteiger partial charge in [0.05, 0.1) is 7.11 Å². The van der Waals surface area contributed by atoms with Crippen molar-refractivity contribution in [3.05, 3.63) is 97.6 Å². The molecule has 0 aliphatic heterocycles. The molecule has 0 saturated carbocycles. The van der Waals surface area contributed by atoms with Crippen LogP contribution in [0, 0.1) is 0 Å². The van der Waals surface area contributed by atoms with Crippen LogP contribution in [0.4, 0.5) is 0 Å². The maximum atomic E-state index is 12.1. The van der Waals surface area contributed by atoms with Gasteiger partial charge in [0.15, 0.2) is 0 Å². The summed E-state index contributed by atoms with van der Waals surface area (Å²) in [5.41, 5.74) is 2.02. The van der Waals surface area contributed by atoms with E-state index in [4.69, 9.17) is 4.74 Å². The monoisotopic (exact) mass is 540 g/mol. The number of ether oxygens (including phenoxy) is 1. The van der Waals surface area contributed by atoms with Crippen molar-refractivity contribution in [2.45, 2.75) is 66.8 Å². The van der Waals surface area contributed by atoms with E-state index in [1.54, 1.807) is 25.6 Å². The number of unbranched alkanes of at least 4 members (excludes halogenated alkanes) is 1. The van der Waals surface area contributed by atoms with Gasteiger partial charge in [0, 0.05) is 30.6 Å². The quantitative estimate of drug-likeness (QED) is 0.166. The van der Waals surface area contributed by atoms with Crippen LogP contribution in [0.5, 0.6) is 5.75 Å². The fraction of sp³-hybridized carbons (Fsp3) is 0.387. The van der Waals surface area contributed by atoms with Gasteiger partial charge in [0.25, 0.3) is 0 Å². The zero-order valence-electron chi connectivity index (χ0n) is 24.2. The number of amides is 1. The summed E-state index contributed by atoms with van der Waals surface area (Å²) in [5.74, 6) is 2.69. The Bertz CT molecular complexity index is 969. The Kier molecular flexibility index (Phi) is 25.9. The van der Waals surface area contributed by atoms with Crippen LogP contribution in [0.3, 0.4) is 0 Å². The molecule has 0 saturated heterocycles. The number of rotatable bonds is 9. The zero-order chi connectivity index (χ0) is 29.0. The predicted octanol–water partition coefficient (Wildman–Crippen LogP) is 7.65. The molecule has 0 aliphatic carbocycles. The molecule has 0 radical (unpaired) electrons. The molecular formula is C31H48N4O2S. The van der Waals surface area contributed by atoms with Gasteiger partial charge in [-0.05, 0) is 50.6 Å². The molecule has 1 N–H and O–H groups in total. The first-order chi connectivity index (χ1) is 18.5. The molecule has 2 aromatic carbocycles. The number of hydrogen-bond donors (Lipinski definition) is 2. The third kappa shape index (κ3) is 17.2. The van der Waals surface area contributed by atoms with Gasteiger partial charge in [-0.2, -0.15) is 12.6 Å². The number of para-hydroxylation sites is 2. The summed E-state index contributed by atoms with van der Waals surface area (Å²) in [6, 6.07) is 17.7. The molecular weight excluding hydrogens is 492 g/mol. The molecule has 7 heteroatoms. The van der Waals surface area contributed by atoms with Crippen molar-refractivity contribution < 1.29 is 9.53 Å². The summed E-state index contributed by atoms with van der Waals surface area (Å²) in [5, 5.41) is 11.2. The van der Waals surface area contributed by atoms with Gasteiger partial charge in [0.2, 0.25) is 5.91 Å². The second kappa shape index (κ2) is 26.7. The van der Waals surface area contributed by atoms with Crippen molar-refractivity contribution >= 4 is 18.5 Å². The first-order valence-electron chi connectivity index (χ1n) is 13.1. The Labute approximate surface area is 236 Å². The Morgan fingerprint density at radius 3 is 2.16 bits per heavy atom. The standard InChI is InChI=1S/C21H24N4O2.2C3H6.C2H6S.C2H6/c1-27-19-12-6-5-9-17(19)15-22-21(26)14-8-7-13-20-24-23-16-25(20)18-10-3-2-4-11-18;2*1-3-2;1-2-3;1-2/h2-6,9-12,16H,7-8,13-15H2,1H3,(H,22,26);2*3H,1H2,2H3;3H,2H2,1H3;1-2H3. The van der Waals surface area contributed by atoms with E-state index in [0.29, 0.717) is 13.0 Å². The molecule has 1 heterocycles. The number of methoxy groups -OCH3 is 1. The Hall–Kier alpha value is -3.32. The summed E-state index contributed by atoms with van der Waals surface area (Å²) >= 11 is 3.79. The average Bonchev–Trinajstić information content (AvgIpc) is 3.42. The largest absolute Gasteiger partial charge is 0.496 e. The number of aromatic nitrogens is 3. The third-order valence-corrected chi connectivity index (χ3v) is 4.38. The number of aryl methyl sites for hydroxylation is 1. The highest BCUT2D eigenvalue weighted by Crippen LogP contribution is 2.17. The number of allylic oxidation sites excluding steroid dienone is 2. The number of nitrogens with zero attached hydrogens (tertiary/aromatic N) is 3. The maximum Gasteiger partial charge on any atom is 0.220 e. The van der Waals surface area contributed by atoms with Crippen molar-refractivity contribution in [3.63, 3.8) is 0 Å².